The molecule has 9 heteroatoms. The molecule has 1 aromatic rings. The highest BCUT2D eigenvalue weighted by molar-refractivity contribution is 5.82. The lowest BCUT2D eigenvalue weighted by Crippen LogP contribution is -2.31. The number of hydrogen-bond acceptors (Lipinski definition) is 7. The van der Waals surface area contributed by atoms with Crippen LogP contribution in [0.1, 0.15) is 27.7 Å². The molecule has 0 spiro atoms. The summed E-state index contributed by atoms with van der Waals surface area (Å²) in [5, 5.41) is 2.23. The number of nitrogens with zero attached hydrogens (tertiary/aromatic N) is 3. The molecule has 1 amide bonds. The summed E-state index contributed by atoms with van der Waals surface area (Å²) in [5.41, 5.74) is -1.41. The molecule has 0 fully saturated rings. The van der Waals surface area contributed by atoms with Crippen LogP contribution in [0.3, 0.4) is 0 Å². The van der Waals surface area contributed by atoms with E-state index in [2.05, 4.69) is 15.3 Å². The van der Waals surface area contributed by atoms with Gasteiger partial charge in [0.05, 0.1) is 6.61 Å². The number of amides is 1. The van der Waals surface area contributed by atoms with Gasteiger partial charge in [-0.05, 0) is 27.7 Å². The van der Waals surface area contributed by atoms with Crippen LogP contribution in [0.5, 0.6) is 0 Å². The Morgan fingerprint density at radius 2 is 2.05 bits per heavy atom. The smallest absolute Gasteiger partial charge is 0.414 e. The third-order valence-electron chi connectivity index (χ3n) is 1.98. The van der Waals surface area contributed by atoms with Crippen molar-refractivity contribution in [3.8, 4) is 0 Å². The second-order valence-electron chi connectivity index (χ2n) is 5.02. The molecule has 21 heavy (non-hydrogen) atoms. The Morgan fingerprint density at radius 3 is 2.57 bits per heavy atom. The molecule has 0 aliphatic heterocycles. The summed E-state index contributed by atoms with van der Waals surface area (Å²) in [4.78, 5) is 41.7. The van der Waals surface area contributed by atoms with E-state index in [0.29, 0.717) is 0 Å². The third-order valence-corrected chi connectivity index (χ3v) is 1.98. The van der Waals surface area contributed by atoms with Gasteiger partial charge in [-0.15, -0.1) is 0 Å². The lowest BCUT2D eigenvalue weighted by Gasteiger charge is -2.19. The first-order valence-corrected chi connectivity index (χ1v) is 6.30. The highest BCUT2D eigenvalue weighted by atomic mass is 16.6. The molecule has 1 N–H and O–H groups in total. The van der Waals surface area contributed by atoms with E-state index in [-0.39, 0.29) is 19.1 Å². The number of anilines is 1. The normalized spacial score (nSPS) is 10.9. The number of rotatable bonds is 4. The molecule has 9 nitrogen and oxygen atoms in total. The number of aromatic nitrogens is 3. The monoisotopic (exact) mass is 298 g/mol. The maximum absolute atomic E-state index is 11.7. The van der Waals surface area contributed by atoms with Crippen molar-refractivity contribution in [1.82, 2.24) is 14.5 Å². The van der Waals surface area contributed by atoms with Crippen LogP contribution in [0.4, 0.5) is 10.7 Å². The lowest BCUT2D eigenvalue weighted by atomic mass is 10.2. The Labute approximate surface area is 121 Å². The van der Waals surface area contributed by atoms with Gasteiger partial charge in [-0.3, -0.25) is 14.7 Å². The van der Waals surface area contributed by atoms with Gasteiger partial charge in [-0.2, -0.15) is 4.98 Å². The van der Waals surface area contributed by atoms with E-state index in [4.69, 9.17) is 9.47 Å². The predicted molar refractivity (Wildman–Crippen MR) is 72.8 cm³/mol. The van der Waals surface area contributed by atoms with Gasteiger partial charge in [0.25, 0.3) is 0 Å². The number of hydrogen-bond donors (Lipinski definition) is 1. The molecule has 0 radical (unpaired) electrons. The van der Waals surface area contributed by atoms with E-state index in [1.54, 1.807) is 27.7 Å². The van der Waals surface area contributed by atoms with E-state index in [9.17, 15) is 14.4 Å². The molecule has 0 saturated carbocycles. The molecule has 0 bridgehead atoms. The molecule has 0 unspecified atom stereocenters. The van der Waals surface area contributed by atoms with Crippen molar-refractivity contribution < 1.29 is 19.1 Å². The predicted octanol–water partition coefficient (Wildman–Crippen LogP) is 0.548. The Morgan fingerprint density at radius 1 is 1.38 bits per heavy atom. The zero-order valence-electron chi connectivity index (χ0n) is 12.4. The molecule has 1 aromatic heterocycles. The van der Waals surface area contributed by atoms with Crippen LogP contribution in [0, 0.1) is 0 Å². The van der Waals surface area contributed by atoms with Gasteiger partial charge in [-0.25, -0.2) is 14.6 Å². The quantitative estimate of drug-likeness (QED) is 0.807. The highest BCUT2D eigenvalue weighted by Gasteiger charge is 2.17. The van der Waals surface area contributed by atoms with Crippen LogP contribution < -0.4 is 11.0 Å². The van der Waals surface area contributed by atoms with E-state index in [1.807, 2.05) is 0 Å². The van der Waals surface area contributed by atoms with Crippen molar-refractivity contribution in [2.24, 2.45) is 0 Å². The molecular formula is C12H18N4O5. The summed E-state index contributed by atoms with van der Waals surface area (Å²) in [5.74, 6) is -0.773. The largest absolute Gasteiger partial charge is 0.465 e. The Kier molecular flexibility index (Phi) is 5.39. The van der Waals surface area contributed by atoms with Crippen molar-refractivity contribution in [2.45, 2.75) is 39.8 Å². The standard InChI is InChI=1S/C12H18N4O5/c1-5-20-8(17)6-16-7-13-9(14-10(16)18)15-11(19)21-12(2,3)4/h7H,5-6H2,1-4H3,(H,14,15,18,19). The van der Waals surface area contributed by atoms with Gasteiger partial charge in [0.1, 0.15) is 18.5 Å². The fraction of sp³-hybridized carbons (Fsp3) is 0.583. The summed E-state index contributed by atoms with van der Waals surface area (Å²) in [7, 11) is 0. The maximum atomic E-state index is 11.7. The molecule has 116 valence electrons. The fourth-order valence-corrected chi connectivity index (χ4v) is 1.27. The molecule has 0 saturated heterocycles. The fourth-order valence-electron chi connectivity index (χ4n) is 1.27. The van der Waals surface area contributed by atoms with Gasteiger partial charge >= 0.3 is 17.8 Å². The molecule has 1 rings (SSSR count). The maximum Gasteiger partial charge on any atom is 0.414 e. The van der Waals surface area contributed by atoms with E-state index < -0.39 is 23.4 Å². The number of carbonyl (C=O) groups excluding carboxylic acids is 2. The second-order valence-corrected chi connectivity index (χ2v) is 5.02. The summed E-state index contributed by atoms with van der Waals surface area (Å²) >= 11 is 0. The first-order valence-electron chi connectivity index (χ1n) is 6.30. The van der Waals surface area contributed by atoms with E-state index >= 15 is 0 Å². The van der Waals surface area contributed by atoms with Gasteiger partial charge in [0.15, 0.2) is 0 Å². The minimum Gasteiger partial charge on any atom is -0.465 e. The van der Waals surface area contributed by atoms with Gasteiger partial charge in [0.2, 0.25) is 5.95 Å². The van der Waals surface area contributed by atoms with Crippen LogP contribution in [0.2, 0.25) is 0 Å². The summed E-state index contributed by atoms with van der Waals surface area (Å²) in [6.07, 6.45) is 0.323. The number of ether oxygens (including phenoxy) is 2. The summed E-state index contributed by atoms with van der Waals surface area (Å²) < 4.78 is 10.7. The number of carbonyl (C=O) groups is 2. The second kappa shape index (κ2) is 6.82. The van der Waals surface area contributed by atoms with Crippen molar-refractivity contribution >= 4 is 18.0 Å². The molecule has 1 heterocycles. The highest BCUT2D eigenvalue weighted by Crippen LogP contribution is 2.08. The average molecular weight is 298 g/mol. The summed E-state index contributed by atoms with van der Waals surface area (Å²) in [6.45, 7) is 6.68. The molecular weight excluding hydrogens is 280 g/mol. The van der Waals surface area contributed by atoms with Crippen LogP contribution in [0.15, 0.2) is 11.1 Å². The Hall–Kier alpha value is -2.45. The first kappa shape index (κ1) is 16.6. The minimum absolute atomic E-state index is 0.200. The molecule has 0 aliphatic rings. The zero-order chi connectivity index (χ0) is 16.0. The molecule has 0 atom stereocenters. The Balaban J connectivity index is 2.72. The van der Waals surface area contributed by atoms with Crippen LogP contribution in [-0.4, -0.2) is 38.8 Å². The van der Waals surface area contributed by atoms with Crippen molar-refractivity contribution in [3.05, 3.63) is 16.8 Å². The van der Waals surface area contributed by atoms with Crippen LogP contribution >= 0.6 is 0 Å². The SMILES string of the molecule is CCOC(=O)Cn1cnc(NC(=O)OC(C)(C)C)nc1=O. The molecule has 0 aromatic carbocycles. The zero-order valence-corrected chi connectivity index (χ0v) is 12.4. The molecule has 0 aliphatic carbocycles. The van der Waals surface area contributed by atoms with Crippen LogP contribution in [-0.2, 0) is 20.8 Å². The van der Waals surface area contributed by atoms with E-state index in [0.717, 1.165) is 10.9 Å². The third kappa shape index (κ3) is 6.02. The Bertz CT molecular complexity index is 576. The number of nitrogens with one attached hydrogen (secondary N) is 1. The van der Waals surface area contributed by atoms with E-state index in [1.165, 1.54) is 0 Å². The minimum atomic E-state index is -0.773. The summed E-state index contributed by atoms with van der Waals surface area (Å²) in [6, 6.07) is 0. The lowest BCUT2D eigenvalue weighted by molar-refractivity contribution is -0.143. The van der Waals surface area contributed by atoms with Crippen LogP contribution in [0.25, 0.3) is 0 Å². The van der Waals surface area contributed by atoms with Gasteiger partial charge in [0, 0.05) is 0 Å². The van der Waals surface area contributed by atoms with Gasteiger partial charge in [-0.1, -0.05) is 0 Å². The topological polar surface area (TPSA) is 112 Å². The van der Waals surface area contributed by atoms with Crippen molar-refractivity contribution in [1.29, 1.82) is 0 Å². The van der Waals surface area contributed by atoms with Gasteiger partial charge < -0.3 is 9.47 Å². The van der Waals surface area contributed by atoms with Crippen molar-refractivity contribution in [2.75, 3.05) is 11.9 Å². The van der Waals surface area contributed by atoms with Crippen molar-refractivity contribution in [3.63, 3.8) is 0 Å². The number of esters is 1. The average Bonchev–Trinajstić information content (AvgIpc) is 2.30. The first-order chi connectivity index (χ1) is 9.71.